The van der Waals surface area contributed by atoms with Gasteiger partial charge in [-0.3, -0.25) is 8.74 Å². The minimum absolute atomic E-state index is 0.235. The van der Waals surface area contributed by atoms with Gasteiger partial charge in [0.25, 0.3) is 9.05 Å². The SMILES string of the molecule is CC(C)COS(=O)(O)=S. The van der Waals surface area contributed by atoms with Gasteiger partial charge in [0.1, 0.15) is 0 Å². The Morgan fingerprint density at radius 3 is 2.33 bits per heavy atom. The second kappa shape index (κ2) is 3.46. The van der Waals surface area contributed by atoms with Gasteiger partial charge in [-0.1, -0.05) is 13.8 Å². The standard InChI is InChI=1S/C4H10O3S2/c1-4(2)3-7-9(5,6)8/h4H,3H2,1-2H3,(H,5,6,8). The highest BCUT2D eigenvalue weighted by molar-refractivity contribution is 8.27. The first kappa shape index (κ1) is 9.29. The molecule has 1 unspecified atom stereocenters. The third-order valence-electron chi connectivity index (χ3n) is 0.550. The molecular formula is C4H10O3S2. The van der Waals surface area contributed by atoms with Crippen LogP contribution >= 0.6 is 0 Å². The molecule has 0 aromatic rings. The van der Waals surface area contributed by atoms with Crippen molar-refractivity contribution >= 4 is 20.2 Å². The number of hydrogen-bond acceptors (Lipinski definition) is 3. The Morgan fingerprint density at radius 1 is 1.78 bits per heavy atom. The van der Waals surface area contributed by atoms with Crippen LogP contribution in [0.15, 0.2) is 0 Å². The zero-order chi connectivity index (χ0) is 7.49. The van der Waals surface area contributed by atoms with Crippen molar-refractivity contribution in [2.45, 2.75) is 13.8 Å². The van der Waals surface area contributed by atoms with Gasteiger partial charge in [-0.25, -0.2) is 0 Å². The van der Waals surface area contributed by atoms with E-state index in [1.165, 1.54) is 0 Å². The lowest BCUT2D eigenvalue weighted by molar-refractivity contribution is 0.265. The molecule has 0 bridgehead atoms. The van der Waals surface area contributed by atoms with Crippen LogP contribution in [0.4, 0.5) is 0 Å². The van der Waals surface area contributed by atoms with E-state index in [0.29, 0.717) is 0 Å². The fourth-order valence-corrected chi connectivity index (χ4v) is 0.833. The largest absolute Gasteiger partial charge is 0.285 e. The van der Waals surface area contributed by atoms with Gasteiger partial charge < -0.3 is 0 Å². The van der Waals surface area contributed by atoms with E-state index in [-0.39, 0.29) is 12.5 Å². The molecule has 0 heterocycles. The van der Waals surface area contributed by atoms with Gasteiger partial charge in [0.05, 0.1) is 6.61 Å². The lowest BCUT2D eigenvalue weighted by Crippen LogP contribution is -2.07. The first-order valence-electron chi connectivity index (χ1n) is 2.53. The molecule has 1 atom stereocenters. The molecule has 9 heavy (non-hydrogen) atoms. The Kier molecular flexibility index (Phi) is 3.57. The van der Waals surface area contributed by atoms with E-state index in [2.05, 4.69) is 15.4 Å². The van der Waals surface area contributed by atoms with E-state index in [0.717, 1.165) is 0 Å². The summed E-state index contributed by atoms with van der Waals surface area (Å²) in [6.07, 6.45) is 0. The van der Waals surface area contributed by atoms with E-state index >= 15 is 0 Å². The van der Waals surface area contributed by atoms with Crippen LogP contribution in [0, 0.1) is 5.92 Å². The third kappa shape index (κ3) is 8.29. The van der Waals surface area contributed by atoms with Crippen molar-refractivity contribution < 1.29 is 12.9 Å². The number of rotatable bonds is 3. The molecule has 0 rings (SSSR count). The van der Waals surface area contributed by atoms with E-state index in [9.17, 15) is 4.21 Å². The molecular weight excluding hydrogens is 160 g/mol. The predicted molar refractivity (Wildman–Crippen MR) is 38.9 cm³/mol. The summed E-state index contributed by atoms with van der Waals surface area (Å²) in [5.74, 6) is 0.237. The lowest BCUT2D eigenvalue weighted by atomic mass is 10.2. The molecule has 0 saturated carbocycles. The van der Waals surface area contributed by atoms with Crippen molar-refractivity contribution in [2.24, 2.45) is 5.92 Å². The second-order valence-electron chi connectivity index (χ2n) is 2.11. The maximum absolute atomic E-state index is 10.2. The summed E-state index contributed by atoms with van der Waals surface area (Å²) in [6, 6.07) is 0. The van der Waals surface area contributed by atoms with Crippen molar-refractivity contribution in [2.75, 3.05) is 6.61 Å². The predicted octanol–water partition coefficient (Wildman–Crippen LogP) is 0.793. The maximum Gasteiger partial charge on any atom is 0.266 e. The Bertz CT molecular complexity index is 159. The first-order chi connectivity index (χ1) is 3.92. The van der Waals surface area contributed by atoms with Gasteiger partial charge in [0.2, 0.25) is 0 Å². The van der Waals surface area contributed by atoms with Crippen LogP contribution in [0.3, 0.4) is 0 Å². The summed E-state index contributed by atoms with van der Waals surface area (Å²) >= 11 is 4.06. The monoisotopic (exact) mass is 170 g/mol. The van der Waals surface area contributed by atoms with Crippen LogP contribution in [0.25, 0.3) is 0 Å². The molecule has 0 aliphatic heterocycles. The Hall–Kier alpha value is 0.290. The van der Waals surface area contributed by atoms with Crippen LogP contribution < -0.4 is 0 Å². The zero-order valence-corrected chi connectivity index (χ0v) is 7.00. The number of hydrogen-bond donors (Lipinski definition) is 1. The van der Waals surface area contributed by atoms with Gasteiger partial charge in [-0.2, -0.15) is 4.21 Å². The second-order valence-corrected chi connectivity index (χ2v) is 4.46. The molecule has 0 aliphatic carbocycles. The van der Waals surface area contributed by atoms with Crippen molar-refractivity contribution in [3.05, 3.63) is 0 Å². The van der Waals surface area contributed by atoms with Gasteiger partial charge in [-0.15, -0.1) is 0 Å². The summed E-state index contributed by atoms with van der Waals surface area (Å²) in [5.41, 5.74) is 0. The highest BCUT2D eigenvalue weighted by Crippen LogP contribution is 1.95. The smallest absolute Gasteiger partial charge is 0.266 e. The molecule has 0 spiro atoms. The summed E-state index contributed by atoms with van der Waals surface area (Å²) in [6.45, 7) is 3.99. The van der Waals surface area contributed by atoms with Crippen molar-refractivity contribution in [3.63, 3.8) is 0 Å². The summed E-state index contributed by atoms with van der Waals surface area (Å²) in [4.78, 5) is 0. The molecule has 0 fully saturated rings. The molecule has 5 heteroatoms. The Balaban J connectivity index is 3.53. The molecule has 56 valence electrons. The third-order valence-corrected chi connectivity index (χ3v) is 1.27. The van der Waals surface area contributed by atoms with E-state index in [1.807, 2.05) is 13.8 Å². The first-order valence-corrected chi connectivity index (χ1v) is 4.90. The van der Waals surface area contributed by atoms with Gasteiger partial charge in [0, 0.05) is 11.2 Å². The van der Waals surface area contributed by atoms with Gasteiger partial charge in [0.15, 0.2) is 0 Å². The van der Waals surface area contributed by atoms with Crippen LogP contribution in [0.2, 0.25) is 0 Å². The maximum atomic E-state index is 10.2. The molecule has 0 aliphatic rings. The van der Waals surface area contributed by atoms with Crippen LogP contribution in [0.5, 0.6) is 0 Å². The molecule has 0 aromatic heterocycles. The Morgan fingerprint density at radius 2 is 2.22 bits per heavy atom. The average Bonchev–Trinajstić information content (AvgIpc) is 1.59. The quantitative estimate of drug-likeness (QED) is 0.680. The fraction of sp³-hybridized carbons (Fsp3) is 1.00. The summed E-state index contributed by atoms with van der Waals surface area (Å²) in [7, 11) is -3.39. The van der Waals surface area contributed by atoms with Crippen molar-refractivity contribution in [3.8, 4) is 0 Å². The van der Waals surface area contributed by atoms with Crippen LogP contribution in [0.1, 0.15) is 13.8 Å². The molecule has 1 N–H and O–H groups in total. The van der Waals surface area contributed by atoms with E-state index in [1.54, 1.807) is 0 Å². The van der Waals surface area contributed by atoms with Crippen molar-refractivity contribution in [1.29, 1.82) is 0 Å². The normalized spacial score (nSPS) is 17.8. The van der Waals surface area contributed by atoms with Crippen LogP contribution in [-0.2, 0) is 24.4 Å². The lowest BCUT2D eigenvalue weighted by Gasteiger charge is -2.03. The van der Waals surface area contributed by atoms with Gasteiger partial charge in [-0.05, 0) is 5.92 Å². The summed E-state index contributed by atoms with van der Waals surface area (Å²) < 4.78 is 23.0. The fourth-order valence-electron chi connectivity index (χ4n) is 0.222. The van der Waals surface area contributed by atoms with E-state index in [4.69, 9.17) is 4.55 Å². The molecule has 0 aromatic carbocycles. The Labute approximate surface area is 60.1 Å². The van der Waals surface area contributed by atoms with Crippen LogP contribution in [-0.4, -0.2) is 15.4 Å². The minimum atomic E-state index is -3.39. The molecule has 3 nitrogen and oxygen atoms in total. The highest BCUT2D eigenvalue weighted by Gasteiger charge is 2.00. The highest BCUT2D eigenvalue weighted by atomic mass is 32.9. The topological polar surface area (TPSA) is 46.5 Å². The average molecular weight is 170 g/mol. The van der Waals surface area contributed by atoms with E-state index < -0.39 is 9.05 Å². The van der Waals surface area contributed by atoms with Crippen molar-refractivity contribution in [1.82, 2.24) is 0 Å². The summed E-state index contributed by atoms with van der Waals surface area (Å²) in [5, 5.41) is 0. The molecule has 0 radical (unpaired) electrons. The minimum Gasteiger partial charge on any atom is -0.285 e. The molecule has 0 amide bonds. The zero-order valence-electron chi connectivity index (χ0n) is 5.36. The van der Waals surface area contributed by atoms with Gasteiger partial charge >= 0.3 is 0 Å². The molecule has 0 saturated heterocycles.